The van der Waals surface area contributed by atoms with E-state index in [9.17, 15) is 9.59 Å². The van der Waals surface area contributed by atoms with Crippen LogP contribution in [0.25, 0.3) is 0 Å². The summed E-state index contributed by atoms with van der Waals surface area (Å²) in [4.78, 5) is 25.2. The van der Waals surface area contributed by atoms with E-state index in [2.05, 4.69) is 45.7 Å². The van der Waals surface area contributed by atoms with Crippen LogP contribution < -0.4 is 20.7 Å². The van der Waals surface area contributed by atoms with Crippen molar-refractivity contribution in [1.29, 1.82) is 0 Å². The highest BCUT2D eigenvalue weighted by atomic mass is 79.9. The van der Waals surface area contributed by atoms with Crippen LogP contribution in [0, 0.1) is 5.92 Å². The number of carbonyl (C=O) groups excluding carboxylic acids is 2. The lowest BCUT2D eigenvalue weighted by Gasteiger charge is -2.13. The molecule has 0 fully saturated rings. The number of nitrogens with one attached hydrogen (secondary N) is 3. The van der Waals surface area contributed by atoms with Gasteiger partial charge in [-0.25, -0.2) is 0 Å². The zero-order chi connectivity index (χ0) is 25.4. The van der Waals surface area contributed by atoms with Crippen LogP contribution in [0.15, 0.2) is 71.2 Å². The summed E-state index contributed by atoms with van der Waals surface area (Å²) in [6, 6.07) is 18.8. The van der Waals surface area contributed by atoms with Crippen LogP contribution in [-0.2, 0) is 0 Å². The van der Waals surface area contributed by atoms with E-state index in [0.717, 1.165) is 6.42 Å². The fourth-order valence-electron chi connectivity index (χ4n) is 3.01. The van der Waals surface area contributed by atoms with E-state index in [1.807, 2.05) is 0 Å². The lowest BCUT2D eigenvalue weighted by molar-refractivity contribution is 0.0976. The number of halogens is 2. The summed E-state index contributed by atoms with van der Waals surface area (Å²) in [5.41, 5.74) is 1.99. The standard InChI is InChI=1S/C26H25BrClN3O3S/c1-16(2)11-12-34-23-10-9-18(14-22(23)27)25(33)31-26(35)30-20-7-3-5-17(13-20)24(32)29-21-8-4-6-19(28)15-21/h3-10,13-16H,11-12H2,1-2H3,(H,29,32)(H2,30,31,33,35). The maximum atomic E-state index is 12.6. The van der Waals surface area contributed by atoms with Crippen molar-refractivity contribution in [2.24, 2.45) is 5.92 Å². The minimum atomic E-state index is -0.369. The lowest BCUT2D eigenvalue weighted by atomic mass is 10.1. The molecule has 0 aromatic heterocycles. The molecule has 3 rings (SSSR count). The second-order valence-corrected chi connectivity index (χ2v) is 9.83. The first kappa shape index (κ1) is 26.7. The maximum absolute atomic E-state index is 12.6. The average Bonchev–Trinajstić information content (AvgIpc) is 2.80. The molecule has 182 valence electrons. The first-order valence-electron chi connectivity index (χ1n) is 10.9. The normalized spacial score (nSPS) is 10.5. The fourth-order valence-corrected chi connectivity index (χ4v) is 3.90. The molecule has 3 aromatic rings. The van der Waals surface area contributed by atoms with Crippen molar-refractivity contribution >= 4 is 68.1 Å². The molecule has 0 atom stereocenters. The molecule has 0 aliphatic carbocycles. The highest BCUT2D eigenvalue weighted by molar-refractivity contribution is 9.10. The first-order chi connectivity index (χ1) is 16.7. The summed E-state index contributed by atoms with van der Waals surface area (Å²) in [6.07, 6.45) is 0.943. The van der Waals surface area contributed by atoms with Crippen molar-refractivity contribution in [2.75, 3.05) is 17.2 Å². The molecular weight excluding hydrogens is 550 g/mol. The molecule has 0 heterocycles. The number of hydrogen-bond donors (Lipinski definition) is 3. The van der Waals surface area contributed by atoms with Crippen molar-refractivity contribution in [3.8, 4) is 5.75 Å². The van der Waals surface area contributed by atoms with Gasteiger partial charge in [-0.3, -0.25) is 14.9 Å². The molecule has 0 radical (unpaired) electrons. The summed E-state index contributed by atoms with van der Waals surface area (Å²) < 4.78 is 6.45. The molecule has 3 N–H and O–H groups in total. The van der Waals surface area contributed by atoms with E-state index in [4.69, 9.17) is 28.6 Å². The minimum Gasteiger partial charge on any atom is -0.492 e. The van der Waals surface area contributed by atoms with Gasteiger partial charge in [-0.05, 0) is 95.1 Å². The van der Waals surface area contributed by atoms with Gasteiger partial charge in [0.15, 0.2) is 5.11 Å². The van der Waals surface area contributed by atoms with E-state index in [1.165, 1.54) is 0 Å². The molecule has 0 bridgehead atoms. The van der Waals surface area contributed by atoms with Crippen LogP contribution in [0.5, 0.6) is 5.75 Å². The van der Waals surface area contributed by atoms with Crippen molar-refractivity contribution in [2.45, 2.75) is 20.3 Å². The van der Waals surface area contributed by atoms with Gasteiger partial charge in [0.2, 0.25) is 0 Å². The van der Waals surface area contributed by atoms with Gasteiger partial charge < -0.3 is 15.4 Å². The Labute approximate surface area is 223 Å². The Hall–Kier alpha value is -2.94. The van der Waals surface area contributed by atoms with E-state index < -0.39 is 0 Å². The highest BCUT2D eigenvalue weighted by Gasteiger charge is 2.12. The Morgan fingerprint density at radius 2 is 1.63 bits per heavy atom. The third-order valence-electron chi connectivity index (χ3n) is 4.84. The van der Waals surface area contributed by atoms with Crippen molar-refractivity contribution in [3.63, 3.8) is 0 Å². The van der Waals surface area contributed by atoms with E-state index >= 15 is 0 Å². The quantitative estimate of drug-likeness (QED) is 0.255. The minimum absolute atomic E-state index is 0.107. The van der Waals surface area contributed by atoms with Crippen molar-refractivity contribution in [1.82, 2.24) is 5.32 Å². The number of amides is 2. The SMILES string of the molecule is CC(C)CCOc1ccc(C(=O)NC(=S)Nc2cccc(C(=O)Nc3cccc(Cl)c3)c2)cc1Br. The Bertz CT molecular complexity index is 1240. The van der Waals surface area contributed by atoms with E-state index in [1.54, 1.807) is 66.7 Å². The van der Waals surface area contributed by atoms with Gasteiger partial charge >= 0.3 is 0 Å². The van der Waals surface area contributed by atoms with Crippen LogP contribution in [-0.4, -0.2) is 23.5 Å². The zero-order valence-electron chi connectivity index (χ0n) is 19.2. The number of ether oxygens (including phenoxy) is 1. The molecule has 35 heavy (non-hydrogen) atoms. The number of hydrogen-bond acceptors (Lipinski definition) is 4. The lowest BCUT2D eigenvalue weighted by Crippen LogP contribution is -2.34. The number of carbonyl (C=O) groups is 2. The van der Waals surface area contributed by atoms with Crippen molar-refractivity contribution in [3.05, 3.63) is 87.4 Å². The zero-order valence-corrected chi connectivity index (χ0v) is 22.4. The Morgan fingerprint density at radius 3 is 2.31 bits per heavy atom. The monoisotopic (exact) mass is 573 g/mol. The number of rotatable bonds is 8. The predicted molar refractivity (Wildman–Crippen MR) is 149 cm³/mol. The molecule has 0 spiro atoms. The van der Waals surface area contributed by atoms with Gasteiger partial charge in [-0.1, -0.05) is 37.6 Å². The molecule has 0 aliphatic heterocycles. The summed E-state index contributed by atoms with van der Waals surface area (Å²) >= 11 is 14.7. The first-order valence-corrected chi connectivity index (χ1v) is 12.5. The third-order valence-corrected chi connectivity index (χ3v) is 5.90. The number of anilines is 2. The Morgan fingerprint density at radius 1 is 0.943 bits per heavy atom. The number of thiocarbonyl (C=S) groups is 1. The molecule has 0 unspecified atom stereocenters. The van der Waals surface area contributed by atoms with Crippen LogP contribution in [0.2, 0.25) is 5.02 Å². The smallest absolute Gasteiger partial charge is 0.257 e. The molecule has 2 amide bonds. The molecule has 6 nitrogen and oxygen atoms in total. The van der Waals surface area contributed by atoms with Crippen LogP contribution in [0.4, 0.5) is 11.4 Å². The van der Waals surface area contributed by atoms with Gasteiger partial charge in [0.1, 0.15) is 5.75 Å². The number of benzene rings is 3. The average molecular weight is 575 g/mol. The van der Waals surface area contributed by atoms with E-state index in [-0.39, 0.29) is 16.9 Å². The van der Waals surface area contributed by atoms with Gasteiger partial charge in [-0.15, -0.1) is 0 Å². The summed E-state index contributed by atoms with van der Waals surface area (Å²) in [5.74, 6) is 0.555. The molecule has 9 heteroatoms. The molecule has 0 saturated heterocycles. The second kappa shape index (κ2) is 12.7. The largest absolute Gasteiger partial charge is 0.492 e. The summed E-state index contributed by atoms with van der Waals surface area (Å²) in [6.45, 7) is 4.87. The Kier molecular flexibility index (Phi) is 9.65. The van der Waals surface area contributed by atoms with Crippen LogP contribution in [0.1, 0.15) is 41.0 Å². The molecule has 0 saturated carbocycles. The van der Waals surface area contributed by atoms with E-state index in [0.29, 0.717) is 50.3 Å². The predicted octanol–water partition coefficient (Wildman–Crippen LogP) is 6.91. The topological polar surface area (TPSA) is 79.5 Å². The molecule has 0 aliphatic rings. The summed E-state index contributed by atoms with van der Waals surface area (Å²) in [7, 11) is 0. The highest BCUT2D eigenvalue weighted by Crippen LogP contribution is 2.26. The second-order valence-electron chi connectivity index (χ2n) is 8.13. The third kappa shape index (κ3) is 8.35. The van der Waals surface area contributed by atoms with Gasteiger partial charge in [-0.2, -0.15) is 0 Å². The molecule has 3 aromatic carbocycles. The van der Waals surface area contributed by atoms with Crippen LogP contribution >= 0.6 is 39.7 Å². The van der Waals surface area contributed by atoms with Gasteiger partial charge in [0.25, 0.3) is 11.8 Å². The Balaban J connectivity index is 1.57. The molecular formula is C26H25BrClN3O3S. The fraction of sp³-hybridized carbons (Fsp3) is 0.192. The summed E-state index contributed by atoms with van der Waals surface area (Å²) in [5, 5.41) is 9.01. The van der Waals surface area contributed by atoms with Gasteiger partial charge in [0, 0.05) is 27.5 Å². The van der Waals surface area contributed by atoms with Crippen molar-refractivity contribution < 1.29 is 14.3 Å². The van der Waals surface area contributed by atoms with Crippen LogP contribution in [0.3, 0.4) is 0 Å². The van der Waals surface area contributed by atoms with Gasteiger partial charge in [0.05, 0.1) is 11.1 Å². The maximum Gasteiger partial charge on any atom is 0.257 e.